The van der Waals surface area contributed by atoms with Gasteiger partial charge in [0.2, 0.25) is 5.91 Å². The van der Waals surface area contributed by atoms with Crippen molar-refractivity contribution in [3.63, 3.8) is 0 Å². The van der Waals surface area contributed by atoms with E-state index < -0.39 is 4.92 Å². The molecule has 0 unspecified atom stereocenters. The fourth-order valence-electron chi connectivity index (χ4n) is 2.26. The number of ether oxygens (including phenoxy) is 1. The lowest BCUT2D eigenvalue weighted by Crippen LogP contribution is -2.08. The number of rotatable bonds is 6. The van der Waals surface area contributed by atoms with E-state index in [4.69, 9.17) is 4.74 Å². The lowest BCUT2D eigenvalue weighted by Gasteiger charge is -2.06. The number of carbonyl (C=O) groups is 1. The van der Waals surface area contributed by atoms with E-state index in [9.17, 15) is 14.9 Å². The highest BCUT2D eigenvalue weighted by atomic mass is 16.6. The van der Waals surface area contributed by atoms with E-state index in [1.165, 1.54) is 30.9 Å². The number of nitrogens with zero attached hydrogens (tertiary/aromatic N) is 1. The van der Waals surface area contributed by atoms with Gasteiger partial charge >= 0.3 is 5.69 Å². The van der Waals surface area contributed by atoms with Crippen LogP contribution >= 0.6 is 0 Å². The Labute approximate surface area is 146 Å². The molecule has 0 aliphatic carbocycles. The Hall–Kier alpha value is -3.15. The fourth-order valence-corrected chi connectivity index (χ4v) is 2.26. The highest BCUT2D eigenvalue weighted by Crippen LogP contribution is 2.29. The van der Waals surface area contributed by atoms with Gasteiger partial charge in [0.05, 0.1) is 12.0 Å². The van der Waals surface area contributed by atoms with E-state index in [0.29, 0.717) is 11.6 Å². The van der Waals surface area contributed by atoms with Gasteiger partial charge in [0, 0.05) is 17.8 Å². The zero-order chi connectivity index (χ0) is 18.4. The zero-order valence-corrected chi connectivity index (χ0v) is 14.4. The SMILES string of the molecule is COc1ccc(NC(=O)/C=C/c2ccc(C(C)C)cc2)cc1[N+](=O)[O-]. The number of hydrogen-bond donors (Lipinski definition) is 1. The fraction of sp³-hybridized carbons (Fsp3) is 0.211. The van der Waals surface area contributed by atoms with Crippen molar-refractivity contribution < 1.29 is 14.5 Å². The maximum Gasteiger partial charge on any atom is 0.312 e. The molecule has 2 rings (SSSR count). The first-order valence-corrected chi connectivity index (χ1v) is 7.82. The summed E-state index contributed by atoms with van der Waals surface area (Å²) in [6, 6.07) is 12.2. The second-order valence-electron chi connectivity index (χ2n) is 5.79. The molecule has 0 fully saturated rings. The third kappa shape index (κ3) is 4.91. The van der Waals surface area contributed by atoms with Crippen LogP contribution in [0.15, 0.2) is 48.5 Å². The molecule has 6 heteroatoms. The summed E-state index contributed by atoms with van der Waals surface area (Å²) >= 11 is 0. The van der Waals surface area contributed by atoms with Crippen LogP contribution in [0, 0.1) is 10.1 Å². The van der Waals surface area contributed by atoms with Gasteiger partial charge < -0.3 is 10.1 Å². The average molecular weight is 340 g/mol. The molecule has 25 heavy (non-hydrogen) atoms. The van der Waals surface area contributed by atoms with Crippen LogP contribution in [0.25, 0.3) is 6.08 Å². The second kappa shape index (κ2) is 8.10. The summed E-state index contributed by atoms with van der Waals surface area (Å²) in [6.07, 6.45) is 3.08. The van der Waals surface area contributed by atoms with E-state index in [1.807, 2.05) is 24.3 Å². The van der Waals surface area contributed by atoms with E-state index in [2.05, 4.69) is 19.2 Å². The standard InChI is InChI=1S/C19H20N2O4/c1-13(2)15-7-4-14(5-8-15)6-11-19(22)20-16-9-10-18(25-3)17(12-16)21(23)24/h4-13H,1-3H3,(H,20,22)/b11-6+. The van der Waals surface area contributed by atoms with Crippen molar-refractivity contribution in [3.05, 3.63) is 69.8 Å². The Bertz CT molecular complexity index is 796. The topological polar surface area (TPSA) is 81.5 Å². The molecule has 0 heterocycles. The third-order valence-corrected chi connectivity index (χ3v) is 3.67. The van der Waals surface area contributed by atoms with Gasteiger partial charge in [-0.15, -0.1) is 0 Å². The average Bonchev–Trinajstić information content (AvgIpc) is 2.60. The molecule has 0 aliphatic rings. The maximum absolute atomic E-state index is 12.0. The molecule has 0 aromatic heterocycles. The number of hydrogen-bond acceptors (Lipinski definition) is 4. The Morgan fingerprint density at radius 2 is 1.88 bits per heavy atom. The molecule has 1 N–H and O–H groups in total. The van der Waals surface area contributed by atoms with Gasteiger partial charge in [0.25, 0.3) is 0 Å². The van der Waals surface area contributed by atoms with Crippen molar-refractivity contribution in [3.8, 4) is 5.75 Å². The summed E-state index contributed by atoms with van der Waals surface area (Å²) in [7, 11) is 1.36. The summed E-state index contributed by atoms with van der Waals surface area (Å²) in [5.74, 6) is 0.225. The zero-order valence-electron chi connectivity index (χ0n) is 14.4. The van der Waals surface area contributed by atoms with Crippen molar-refractivity contribution in [2.45, 2.75) is 19.8 Å². The Kier molecular flexibility index (Phi) is 5.89. The van der Waals surface area contributed by atoms with Gasteiger partial charge in [-0.3, -0.25) is 14.9 Å². The first-order valence-electron chi connectivity index (χ1n) is 7.82. The van der Waals surface area contributed by atoms with E-state index in [0.717, 1.165) is 5.56 Å². The first kappa shape index (κ1) is 18.2. The summed E-state index contributed by atoms with van der Waals surface area (Å²) in [5.41, 5.74) is 2.26. The summed E-state index contributed by atoms with van der Waals surface area (Å²) in [4.78, 5) is 22.4. The first-order chi connectivity index (χ1) is 11.9. The van der Waals surface area contributed by atoms with Gasteiger partial charge in [-0.2, -0.15) is 0 Å². The number of carbonyl (C=O) groups excluding carboxylic acids is 1. The number of nitro groups is 1. The van der Waals surface area contributed by atoms with Crippen LogP contribution in [0.3, 0.4) is 0 Å². The molecule has 0 aliphatic heterocycles. The number of nitrogens with one attached hydrogen (secondary N) is 1. The largest absolute Gasteiger partial charge is 0.490 e. The molecule has 2 aromatic rings. The Morgan fingerprint density at radius 1 is 1.20 bits per heavy atom. The minimum Gasteiger partial charge on any atom is -0.490 e. The smallest absolute Gasteiger partial charge is 0.312 e. The monoisotopic (exact) mass is 340 g/mol. The predicted octanol–water partition coefficient (Wildman–Crippen LogP) is 4.38. The molecule has 0 radical (unpaired) electrons. The molecule has 0 bridgehead atoms. The van der Waals surface area contributed by atoms with E-state index in [1.54, 1.807) is 12.1 Å². The van der Waals surface area contributed by atoms with E-state index in [-0.39, 0.29) is 17.3 Å². The molecule has 2 aromatic carbocycles. The van der Waals surface area contributed by atoms with Crippen LogP contribution in [-0.4, -0.2) is 17.9 Å². The molecular formula is C19H20N2O4. The minimum absolute atomic E-state index is 0.142. The van der Waals surface area contributed by atoms with Crippen molar-refractivity contribution in [2.24, 2.45) is 0 Å². The highest BCUT2D eigenvalue weighted by Gasteiger charge is 2.15. The molecule has 0 spiro atoms. The van der Waals surface area contributed by atoms with Crippen LogP contribution in [0.2, 0.25) is 0 Å². The van der Waals surface area contributed by atoms with Gasteiger partial charge in [0.1, 0.15) is 0 Å². The summed E-state index contributed by atoms with van der Waals surface area (Å²) in [5, 5.41) is 13.6. The minimum atomic E-state index is -0.555. The van der Waals surface area contributed by atoms with Crippen LogP contribution in [0.4, 0.5) is 11.4 Å². The molecular weight excluding hydrogens is 320 g/mol. The van der Waals surface area contributed by atoms with Crippen molar-refractivity contribution in [1.29, 1.82) is 0 Å². The van der Waals surface area contributed by atoms with Crippen molar-refractivity contribution in [1.82, 2.24) is 0 Å². The lowest BCUT2D eigenvalue weighted by molar-refractivity contribution is -0.385. The number of methoxy groups -OCH3 is 1. The van der Waals surface area contributed by atoms with Gasteiger partial charge in [0.15, 0.2) is 5.75 Å². The van der Waals surface area contributed by atoms with Crippen LogP contribution in [-0.2, 0) is 4.79 Å². The van der Waals surface area contributed by atoms with Gasteiger partial charge in [-0.05, 0) is 35.3 Å². The summed E-state index contributed by atoms with van der Waals surface area (Å²) < 4.78 is 4.93. The Morgan fingerprint density at radius 3 is 2.44 bits per heavy atom. The molecule has 0 saturated carbocycles. The Balaban J connectivity index is 2.07. The molecule has 1 amide bonds. The second-order valence-corrected chi connectivity index (χ2v) is 5.79. The van der Waals surface area contributed by atoms with Gasteiger partial charge in [-0.25, -0.2) is 0 Å². The van der Waals surface area contributed by atoms with Gasteiger partial charge in [-0.1, -0.05) is 38.1 Å². The normalized spacial score (nSPS) is 10.9. The molecule has 6 nitrogen and oxygen atoms in total. The van der Waals surface area contributed by atoms with Crippen LogP contribution in [0.5, 0.6) is 5.75 Å². The molecule has 0 saturated heterocycles. The predicted molar refractivity (Wildman–Crippen MR) is 97.8 cm³/mol. The lowest BCUT2D eigenvalue weighted by atomic mass is 10.0. The number of benzene rings is 2. The number of anilines is 1. The molecule has 130 valence electrons. The quantitative estimate of drug-likeness (QED) is 0.481. The summed E-state index contributed by atoms with van der Waals surface area (Å²) in [6.45, 7) is 4.23. The maximum atomic E-state index is 12.0. The number of amides is 1. The van der Waals surface area contributed by atoms with Crippen molar-refractivity contribution >= 4 is 23.4 Å². The van der Waals surface area contributed by atoms with Crippen LogP contribution < -0.4 is 10.1 Å². The van der Waals surface area contributed by atoms with Crippen LogP contribution in [0.1, 0.15) is 30.9 Å². The van der Waals surface area contributed by atoms with Crippen molar-refractivity contribution in [2.75, 3.05) is 12.4 Å². The molecule has 0 atom stereocenters. The number of nitro benzene ring substituents is 1. The van der Waals surface area contributed by atoms with E-state index >= 15 is 0 Å². The highest BCUT2D eigenvalue weighted by molar-refractivity contribution is 6.02. The third-order valence-electron chi connectivity index (χ3n) is 3.67.